The molecular weight excluding hydrogens is 132 g/mol. The van der Waals surface area contributed by atoms with Crippen molar-refractivity contribution in [2.24, 2.45) is 5.73 Å². The van der Waals surface area contributed by atoms with Crippen LogP contribution in [0.25, 0.3) is 0 Å². The van der Waals surface area contributed by atoms with Crippen molar-refractivity contribution in [2.45, 2.75) is 12.8 Å². The number of rotatable bonds is 4. The van der Waals surface area contributed by atoms with Gasteiger partial charge in [-0.1, -0.05) is 6.08 Å². The Kier molecular flexibility index (Phi) is 5.21. The van der Waals surface area contributed by atoms with E-state index in [1.165, 1.54) is 0 Å². The van der Waals surface area contributed by atoms with E-state index < -0.39 is 0 Å². The summed E-state index contributed by atoms with van der Waals surface area (Å²) in [6.45, 7) is 4.43. The molecule has 0 aliphatic heterocycles. The fourth-order valence-electron chi connectivity index (χ4n) is 0.458. The van der Waals surface area contributed by atoms with Crippen LogP contribution in [0.4, 0.5) is 0 Å². The van der Waals surface area contributed by atoms with E-state index in [-0.39, 0.29) is 0 Å². The molecule has 3 N–H and O–H groups in total. The van der Waals surface area contributed by atoms with Gasteiger partial charge in [0.05, 0.1) is 0 Å². The summed E-state index contributed by atoms with van der Waals surface area (Å²) >= 11 is 4.59. The van der Waals surface area contributed by atoms with E-state index >= 15 is 0 Å². The molecule has 9 heavy (non-hydrogen) atoms. The van der Waals surface area contributed by atoms with E-state index in [0.29, 0.717) is 5.11 Å². The lowest BCUT2D eigenvalue weighted by molar-refractivity contribution is 0.791. The molecule has 0 aliphatic carbocycles. The lowest BCUT2D eigenvalue weighted by Gasteiger charge is -1.99. The Morgan fingerprint density at radius 3 is 2.89 bits per heavy atom. The zero-order chi connectivity index (χ0) is 7.11. The maximum absolute atomic E-state index is 5.17. The predicted octanol–water partition coefficient (Wildman–Crippen LogP) is 0.786. The van der Waals surface area contributed by atoms with Gasteiger partial charge in [0.2, 0.25) is 0 Å². The maximum atomic E-state index is 5.17. The molecule has 0 aliphatic rings. The number of nitrogens with two attached hydrogens (primary N) is 1. The maximum Gasteiger partial charge on any atom is 0.163 e. The van der Waals surface area contributed by atoms with Crippen LogP contribution in [0, 0.1) is 0 Å². The van der Waals surface area contributed by atoms with E-state index in [1.54, 1.807) is 0 Å². The molecule has 3 heteroatoms. The van der Waals surface area contributed by atoms with E-state index in [9.17, 15) is 0 Å². The van der Waals surface area contributed by atoms with E-state index in [4.69, 9.17) is 5.73 Å². The van der Waals surface area contributed by atoms with E-state index in [0.717, 1.165) is 19.4 Å². The molecule has 0 spiro atoms. The SMILES string of the molecule is C=CCCCNC(N)=S. The van der Waals surface area contributed by atoms with Gasteiger partial charge in [-0.15, -0.1) is 6.58 Å². The number of allylic oxidation sites excluding steroid dienone is 1. The quantitative estimate of drug-likeness (QED) is 0.348. The van der Waals surface area contributed by atoms with Crippen LogP contribution in [-0.4, -0.2) is 11.7 Å². The first kappa shape index (κ1) is 8.43. The summed E-state index contributed by atoms with van der Waals surface area (Å²) in [5, 5.41) is 3.22. The fraction of sp³-hybridized carbons (Fsp3) is 0.500. The molecule has 2 nitrogen and oxygen atoms in total. The number of hydrogen-bond donors (Lipinski definition) is 2. The fourth-order valence-corrected chi connectivity index (χ4v) is 0.560. The van der Waals surface area contributed by atoms with E-state index in [1.807, 2.05) is 6.08 Å². The van der Waals surface area contributed by atoms with Crippen molar-refractivity contribution >= 4 is 17.3 Å². The van der Waals surface area contributed by atoms with Crippen LogP contribution in [0.5, 0.6) is 0 Å². The van der Waals surface area contributed by atoms with Crippen molar-refractivity contribution in [2.75, 3.05) is 6.54 Å². The second kappa shape index (κ2) is 5.56. The standard InChI is InChI=1S/C6H12N2S/c1-2-3-4-5-8-6(7)9/h2H,1,3-5H2,(H3,7,8,9). The largest absolute Gasteiger partial charge is 0.376 e. The van der Waals surface area contributed by atoms with Gasteiger partial charge in [-0.3, -0.25) is 0 Å². The highest BCUT2D eigenvalue weighted by molar-refractivity contribution is 7.80. The predicted molar refractivity (Wildman–Crippen MR) is 44.2 cm³/mol. The minimum atomic E-state index is 0.374. The monoisotopic (exact) mass is 144 g/mol. The van der Waals surface area contributed by atoms with Crippen LogP contribution in [0.1, 0.15) is 12.8 Å². The average molecular weight is 144 g/mol. The molecular formula is C6H12N2S. The molecule has 0 heterocycles. The molecule has 0 aromatic heterocycles. The second-order valence-corrected chi connectivity index (χ2v) is 2.16. The summed E-state index contributed by atoms with van der Waals surface area (Å²) in [4.78, 5) is 0. The van der Waals surface area contributed by atoms with Crippen LogP contribution in [-0.2, 0) is 0 Å². The van der Waals surface area contributed by atoms with Crippen molar-refractivity contribution in [1.82, 2.24) is 5.32 Å². The van der Waals surface area contributed by atoms with Gasteiger partial charge >= 0.3 is 0 Å². The molecule has 52 valence electrons. The van der Waals surface area contributed by atoms with Crippen molar-refractivity contribution in [1.29, 1.82) is 0 Å². The molecule has 0 bridgehead atoms. The average Bonchev–Trinajstić information content (AvgIpc) is 1.80. The third-order valence-corrected chi connectivity index (χ3v) is 1.03. The zero-order valence-corrected chi connectivity index (χ0v) is 6.21. The second-order valence-electron chi connectivity index (χ2n) is 1.72. The first-order chi connectivity index (χ1) is 4.27. The molecule has 0 saturated heterocycles. The Labute approximate surface area is 61.1 Å². The van der Waals surface area contributed by atoms with Gasteiger partial charge in [0.1, 0.15) is 0 Å². The lowest BCUT2D eigenvalue weighted by atomic mass is 10.3. The van der Waals surface area contributed by atoms with Gasteiger partial charge in [-0.2, -0.15) is 0 Å². The van der Waals surface area contributed by atoms with Gasteiger partial charge in [0, 0.05) is 6.54 Å². The van der Waals surface area contributed by atoms with Crippen molar-refractivity contribution in [3.8, 4) is 0 Å². The van der Waals surface area contributed by atoms with Gasteiger partial charge in [-0.25, -0.2) is 0 Å². The molecule has 0 fully saturated rings. The van der Waals surface area contributed by atoms with Gasteiger partial charge in [0.15, 0.2) is 5.11 Å². The van der Waals surface area contributed by atoms with Gasteiger partial charge in [0.25, 0.3) is 0 Å². The summed E-state index contributed by atoms with van der Waals surface area (Å²) < 4.78 is 0. The van der Waals surface area contributed by atoms with Gasteiger partial charge < -0.3 is 11.1 Å². The van der Waals surface area contributed by atoms with E-state index in [2.05, 4.69) is 24.1 Å². The molecule has 0 aromatic rings. The first-order valence-electron chi connectivity index (χ1n) is 2.91. The molecule has 0 unspecified atom stereocenters. The molecule has 0 rings (SSSR count). The third kappa shape index (κ3) is 7.43. The lowest BCUT2D eigenvalue weighted by Crippen LogP contribution is -2.29. The summed E-state index contributed by atoms with van der Waals surface area (Å²) in [6, 6.07) is 0. The highest BCUT2D eigenvalue weighted by atomic mass is 32.1. The topological polar surface area (TPSA) is 38.0 Å². The number of unbranched alkanes of at least 4 members (excludes halogenated alkanes) is 1. The summed E-state index contributed by atoms with van der Waals surface area (Å²) in [6.07, 6.45) is 3.93. The Balaban J connectivity index is 2.91. The molecule has 0 saturated carbocycles. The van der Waals surface area contributed by atoms with Crippen molar-refractivity contribution in [3.63, 3.8) is 0 Å². The zero-order valence-electron chi connectivity index (χ0n) is 5.39. The number of nitrogens with one attached hydrogen (secondary N) is 1. The summed E-state index contributed by atoms with van der Waals surface area (Å²) in [7, 11) is 0. The van der Waals surface area contributed by atoms with Gasteiger partial charge in [-0.05, 0) is 25.1 Å². The normalized spacial score (nSPS) is 8.44. The third-order valence-electron chi connectivity index (χ3n) is 0.884. The van der Waals surface area contributed by atoms with Crippen LogP contribution in [0.2, 0.25) is 0 Å². The highest BCUT2D eigenvalue weighted by Gasteiger charge is 1.83. The van der Waals surface area contributed by atoms with Crippen LogP contribution in [0.15, 0.2) is 12.7 Å². The smallest absolute Gasteiger partial charge is 0.163 e. The first-order valence-corrected chi connectivity index (χ1v) is 3.32. The number of thiocarbonyl (C=S) groups is 1. The van der Waals surface area contributed by atoms with Crippen LogP contribution >= 0.6 is 12.2 Å². The minimum Gasteiger partial charge on any atom is -0.376 e. The highest BCUT2D eigenvalue weighted by Crippen LogP contribution is 1.84. The number of hydrogen-bond acceptors (Lipinski definition) is 1. The molecule has 0 aromatic carbocycles. The van der Waals surface area contributed by atoms with Crippen molar-refractivity contribution < 1.29 is 0 Å². The van der Waals surface area contributed by atoms with Crippen LogP contribution < -0.4 is 11.1 Å². The Bertz CT molecular complexity index is 101. The molecule has 0 amide bonds. The van der Waals surface area contributed by atoms with Crippen LogP contribution in [0.3, 0.4) is 0 Å². The van der Waals surface area contributed by atoms with Crippen molar-refractivity contribution in [3.05, 3.63) is 12.7 Å². The molecule has 0 atom stereocenters. The Morgan fingerprint density at radius 2 is 2.44 bits per heavy atom. The summed E-state index contributed by atoms with van der Waals surface area (Å²) in [5.74, 6) is 0. The minimum absolute atomic E-state index is 0.374. The Morgan fingerprint density at radius 1 is 1.78 bits per heavy atom. The Hall–Kier alpha value is -0.570. The summed E-state index contributed by atoms with van der Waals surface area (Å²) in [5.41, 5.74) is 5.17. The molecule has 0 radical (unpaired) electrons.